The Hall–Kier alpha value is -0.650. The number of thioether (sulfide) groups is 1. The van der Waals surface area contributed by atoms with Crippen LogP contribution in [0.5, 0.6) is 0 Å². The van der Waals surface area contributed by atoms with Gasteiger partial charge in [0.2, 0.25) is 0 Å². The van der Waals surface area contributed by atoms with Gasteiger partial charge in [-0.05, 0) is 17.5 Å². The molecule has 5 heteroatoms. The summed E-state index contributed by atoms with van der Waals surface area (Å²) in [6.07, 6.45) is 1.88. The predicted molar refractivity (Wildman–Crippen MR) is 65.3 cm³/mol. The van der Waals surface area contributed by atoms with Gasteiger partial charge in [-0.15, -0.1) is 11.3 Å². The van der Waals surface area contributed by atoms with Crippen LogP contribution in [0.25, 0.3) is 6.08 Å². The van der Waals surface area contributed by atoms with Crippen molar-refractivity contribution in [3.63, 3.8) is 0 Å². The maximum atomic E-state index is 11.6. The Morgan fingerprint density at radius 1 is 1.57 bits per heavy atom. The van der Waals surface area contributed by atoms with Gasteiger partial charge in [0.15, 0.2) is 0 Å². The molecule has 1 saturated heterocycles. The number of rotatable bonds is 1. The number of hydrogen-bond donors (Lipinski definition) is 0. The van der Waals surface area contributed by atoms with Gasteiger partial charge < -0.3 is 0 Å². The molecule has 2 rings (SSSR count). The minimum absolute atomic E-state index is 0.00611. The van der Waals surface area contributed by atoms with Crippen molar-refractivity contribution in [3.8, 4) is 0 Å². The van der Waals surface area contributed by atoms with Crippen molar-refractivity contribution >= 4 is 51.6 Å². The van der Waals surface area contributed by atoms with E-state index >= 15 is 0 Å². The highest BCUT2D eigenvalue weighted by Crippen LogP contribution is 2.31. The largest absolute Gasteiger partial charge is 0.296 e. The van der Waals surface area contributed by atoms with Crippen molar-refractivity contribution in [3.05, 3.63) is 27.3 Å². The summed E-state index contributed by atoms with van der Waals surface area (Å²) in [6, 6.07) is 3.94. The average molecular weight is 241 g/mol. The van der Waals surface area contributed by atoms with E-state index in [2.05, 4.69) is 0 Å². The number of thiocarbonyl (C=S) groups is 1. The molecule has 14 heavy (non-hydrogen) atoms. The van der Waals surface area contributed by atoms with Crippen molar-refractivity contribution in [1.82, 2.24) is 4.90 Å². The fourth-order valence-electron chi connectivity index (χ4n) is 1.05. The Balaban J connectivity index is 2.29. The maximum absolute atomic E-state index is 11.6. The van der Waals surface area contributed by atoms with E-state index in [-0.39, 0.29) is 5.91 Å². The quantitative estimate of drug-likeness (QED) is 0.557. The van der Waals surface area contributed by atoms with Gasteiger partial charge in [0.25, 0.3) is 5.91 Å². The van der Waals surface area contributed by atoms with Crippen LogP contribution in [-0.4, -0.2) is 22.2 Å². The summed E-state index contributed by atoms with van der Waals surface area (Å²) in [4.78, 5) is 14.9. The van der Waals surface area contributed by atoms with E-state index in [1.807, 2.05) is 23.6 Å². The van der Waals surface area contributed by atoms with Crippen LogP contribution in [0.2, 0.25) is 0 Å². The molecular formula is C9H7NOS3. The summed E-state index contributed by atoms with van der Waals surface area (Å²) >= 11 is 7.99. The first-order valence-electron chi connectivity index (χ1n) is 3.93. The molecule has 1 aromatic heterocycles. The molecule has 72 valence electrons. The van der Waals surface area contributed by atoms with Crippen LogP contribution in [0, 0.1) is 0 Å². The lowest BCUT2D eigenvalue weighted by atomic mass is 10.4. The Morgan fingerprint density at radius 3 is 2.86 bits per heavy atom. The van der Waals surface area contributed by atoms with Gasteiger partial charge in [-0.2, -0.15) is 0 Å². The average Bonchev–Trinajstić information content (AvgIpc) is 2.73. The summed E-state index contributed by atoms with van der Waals surface area (Å²) in [6.45, 7) is 0. The molecule has 0 atom stereocenters. The first kappa shape index (κ1) is 9.89. The molecule has 0 unspecified atom stereocenters. The topological polar surface area (TPSA) is 20.3 Å². The predicted octanol–water partition coefficient (Wildman–Crippen LogP) is 2.58. The zero-order valence-electron chi connectivity index (χ0n) is 7.39. The number of carbonyl (C=O) groups is 1. The van der Waals surface area contributed by atoms with E-state index in [4.69, 9.17) is 12.2 Å². The van der Waals surface area contributed by atoms with Crippen LogP contribution in [0.15, 0.2) is 22.4 Å². The summed E-state index contributed by atoms with van der Waals surface area (Å²) in [7, 11) is 1.70. The fourth-order valence-corrected chi connectivity index (χ4v) is 2.95. The van der Waals surface area contributed by atoms with Crippen LogP contribution in [-0.2, 0) is 4.79 Å². The summed E-state index contributed by atoms with van der Waals surface area (Å²) in [5.41, 5.74) is 0. The number of thiophene rings is 1. The van der Waals surface area contributed by atoms with Crippen molar-refractivity contribution < 1.29 is 4.79 Å². The number of carbonyl (C=O) groups excluding carboxylic acids is 1. The van der Waals surface area contributed by atoms with Crippen molar-refractivity contribution in [2.45, 2.75) is 0 Å². The second-order valence-corrected chi connectivity index (χ2v) is 5.41. The highest BCUT2D eigenvalue weighted by molar-refractivity contribution is 8.26. The van der Waals surface area contributed by atoms with Crippen molar-refractivity contribution in [2.75, 3.05) is 7.05 Å². The molecule has 1 fully saturated rings. The molecule has 2 heterocycles. The van der Waals surface area contributed by atoms with Crippen LogP contribution < -0.4 is 0 Å². The number of amides is 1. The van der Waals surface area contributed by atoms with Gasteiger partial charge in [-0.3, -0.25) is 9.69 Å². The molecular weight excluding hydrogens is 234 g/mol. The molecule has 0 saturated carbocycles. The number of nitrogens with zero attached hydrogens (tertiary/aromatic N) is 1. The van der Waals surface area contributed by atoms with Gasteiger partial charge in [0.05, 0.1) is 4.91 Å². The number of likely N-dealkylation sites (N-methyl/N-ethyl adjacent to an activating group) is 1. The third kappa shape index (κ3) is 1.75. The van der Waals surface area contributed by atoms with Gasteiger partial charge >= 0.3 is 0 Å². The van der Waals surface area contributed by atoms with Crippen LogP contribution >= 0.6 is 35.3 Å². The minimum atomic E-state index is -0.00611. The first-order chi connectivity index (χ1) is 6.68. The van der Waals surface area contributed by atoms with E-state index in [0.29, 0.717) is 9.23 Å². The molecule has 1 aliphatic rings. The number of hydrogen-bond acceptors (Lipinski definition) is 4. The molecule has 0 N–H and O–H groups in total. The van der Waals surface area contributed by atoms with Gasteiger partial charge in [0.1, 0.15) is 4.32 Å². The Labute approximate surface area is 95.6 Å². The highest BCUT2D eigenvalue weighted by atomic mass is 32.2. The molecule has 1 amide bonds. The van der Waals surface area contributed by atoms with E-state index in [9.17, 15) is 4.79 Å². The van der Waals surface area contributed by atoms with E-state index in [0.717, 1.165) is 4.88 Å². The molecule has 2 nitrogen and oxygen atoms in total. The first-order valence-corrected chi connectivity index (χ1v) is 6.04. The molecule has 0 spiro atoms. The lowest BCUT2D eigenvalue weighted by Crippen LogP contribution is -2.22. The second-order valence-electron chi connectivity index (χ2n) is 2.76. The third-order valence-electron chi connectivity index (χ3n) is 1.80. The van der Waals surface area contributed by atoms with Crippen LogP contribution in [0.3, 0.4) is 0 Å². The van der Waals surface area contributed by atoms with E-state index < -0.39 is 0 Å². The van der Waals surface area contributed by atoms with Gasteiger partial charge in [-0.1, -0.05) is 30.0 Å². The zero-order valence-corrected chi connectivity index (χ0v) is 9.84. The Kier molecular flexibility index (Phi) is 2.71. The Morgan fingerprint density at radius 2 is 2.36 bits per heavy atom. The van der Waals surface area contributed by atoms with Crippen LogP contribution in [0.4, 0.5) is 0 Å². The second kappa shape index (κ2) is 3.84. The van der Waals surface area contributed by atoms with Gasteiger partial charge in [-0.25, -0.2) is 0 Å². The third-order valence-corrected chi connectivity index (χ3v) is 4.11. The minimum Gasteiger partial charge on any atom is -0.296 e. The van der Waals surface area contributed by atoms with E-state index in [1.54, 1.807) is 18.4 Å². The normalized spacial score (nSPS) is 19.8. The van der Waals surface area contributed by atoms with Crippen LogP contribution in [0.1, 0.15) is 4.88 Å². The summed E-state index contributed by atoms with van der Waals surface area (Å²) in [5, 5.41) is 1.98. The fraction of sp³-hybridized carbons (Fsp3) is 0.111. The van der Waals surface area contributed by atoms with Gasteiger partial charge in [0, 0.05) is 11.9 Å². The van der Waals surface area contributed by atoms with Crippen molar-refractivity contribution in [1.29, 1.82) is 0 Å². The zero-order chi connectivity index (χ0) is 10.1. The lowest BCUT2D eigenvalue weighted by Gasteiger charge is -2.03. The SMILES string of the molecule is CN1C(=O)/C(=C/c2cccs2)SC1=S. The summed E-state index contributed by atoms with van der Waals surface area (Å²) < 4.78 is 0.623. The smallest absolute Gasteiger partial charge is 0.265 e. The highest BCUT2D eigenvalue weighted by Gasteiger charge is 2.28. The Bertz CT molecular complexity index is 408. The molecule has 0 bridgehead atoms. The monoisotopic (exact) mass is 241 g/mol. The molecule has 0 aliphatic carbocycles. The standard InChI is InChI=1S/C9H7NOS3/c1-10-8(11)7(14-9(10)12)5-6-3-2-4-13-6/h2-5H,1H3/b7-5-. The molecule has 0 radical (unpaired) electrons. The lowest BCUT2D eigenvalue weighted by molar-refractivity contribution is -0.121. The molecule has 1 aromatic rings. The maximum Gasteiger partial charge on any atom is 0.265 e. The van der Waals surface area contributed by atoms with Crippen molar-refractivity contribution in [2.24, 2.45) is 0 Å². The molecule has 1 aliphatic heterocycles. The summed E-state index contributed by atoms with van der Waals surface area (Å²) in [5.74, 6) is -0.00611. The van der Waals surface area contributed by atoms with E-state index in [1.165, 1.54) is 16.7 Å². The molecule has 0 aromatic carbocycles.